The molecule has 1 aliphatic rings. The smallest absolute Gasteiger partial charge is 0.339 e. The van der Waals surface area contributed by atoms with Gasteiger partial charge in [0.1, 0.15) is 22.8 Å². The lowest BCUT2D eigenvalue weighted by atomic mass is 9.90. The molecular weight excluding hydrogens is 310 g/mol. The van der Waals surface area contributed by atoms with Crippen molar-refractivity contribution in [2.24, 2.45) is 0 Å². The summed E-state index contributed by atoms with van der Waals surface area (Å²) in [7, 11) is 0. The highest BCUT2D eigenvalue weighted by Crippen LogP contribution is 2.35. The summed E-state index contributed by atoms with van der Waals surface area (Å²) in [5.74, 6) is 0.614. The number of aryl methyl sites for hydroxylation is 1. The molecule has 126 valence electrons. The summed E-state index contributed by atoms with van der Waals surface area (Å²) in [6.07, 6.45) is 1.17. The summed E-state index contributed by atoms with van der Waals surface area (Å²) in [4.78, 5) is 23.2. The molecule has 1 aromatic heterocycles. The third-order valence-corrected chi connectivity index (χ3v) is 4.17. The number of carbonyl (C=O) groups excluding carboxylic acids is 1. The average molecular weight is 329 g/mol. The number of hydrogen-bond acceptors (Lipinski definition) is 4. The number of nitrogens with one attached hydrogen (secondary N) is 1. The summed E-state index contributed by atoms with van der Waals surface area (Å²) in [6, 6.07) is 9.21. The molecular formula is C18H19NO5. The Morgan fingerprint density at radius 3 is 2.88 bits per heavy atom. The third kappa shape index (κ3) is 3.42. The monoisotopic (exact) mass is 329 g/mol. The van der Waals surface area contributed by atoms with Gasteiger partial charge in [0.25, 0.3) is 0 Å². The molecule has 1 atom stereocenters. The average Bonchev–Trinajstić information content (AvgIpc) is 2.94. The van der Waals surface area contributed by atoms with Crippen LogP contribution < -0.4 is 10.1 Å². The van der Waals surface area contributed by atoms with E-state index in [0.29, 0.717) is 24.5 Å². The van der Waals surface area contributed by atoms with Crippen molar-refractivity contribution in [3.05, 3.63) is 53.0 Å². The fourth-order valence-corrected chi connectivity index (χ4v) is 2.95. The largest absolute Gasteiger partial charge is 0.493 e. The molecule has 2 heterocycles. The fraction of sp³-hybridized carbons (Fsp3) is 0.333. The number of benzene rings is 1. The first-order chi connectivity index (χ1) is 11.5. The summed E-state index contributed by atoms with van der Waals surface area (Å²) >= 11 is 0. The zero-order valence-corrected chi connectivity index (χ0v) is 13.4. The van der Waals surface area contributed by atoms with Gasteiger partial charge in [0.15, 0.2) is 0 Å². The third-order valence-electron chi connectivity index (χ3n) is 4.17. The molecule has 0 radical (unpaired) electrons. The van der Waals surface area contributed by atoms with Crippen LogP contribution in [0.5, 0.6) is 5.75 Å². The van der Waals surface area contributed by atoms with E-state index in [4.69, 9.17) is 14.3 Å². The highest BCUT2D eigenvalue weighted by molar-refractivity contribution is 5.88. The molecule has 0 aliphatic carbocycles. The molecule has 1 amide bonds. The van der Waals surface area contributed by atoms with Gasteiger partial charge in [0, 0.05) is 6.42 Å². The lowest BCUT2D eigenvalue weighted by Gasteiger charge is -2.25. The molecule has 6 heteroatoms. The van der Waals surface area contributed by atoms with Crippen LogP contribution in [-0.4, -0.2) is 23.6 Å². The Kier molecular flexibility index (Phi) is 4.55. The molecule has 2 aromatic rings. The molecule has 0 bridgehead atoms. The van der Waals surface area contributed by atoms with Crippen molar-refractivity contribution >= 4 is 11.9 Å². The number of para-hydroxylation sites is 1. The van der Waals surface area contributed by atoms with Gasteiger partial charge >= 0.3 is 5.97 Å². The van der Waals surface area contributed by atoms with Crippen LogP contribution in [0.2, 0.25) is 0 Å². The SMILES string of the molecule is Cc1oc(CNC(=O)C[C@@H]2CCOc3ccccc32)cc1C(=O)O. The molecule has 3 rings (SSSR count). The van der Waals surface area contributed by atoms with Crippen LogP contribution in [0.1, 0.15) is 46.2 Å². The summed E-state index contributed by atoms with van der Waals surface area (Å²) in [5.41, 5.74) is 1.18. The lowest BCUT2D eigenvalue weighted by molar-refractivity contribution is -0.121. The second kappa shape index (κ2) is 6.78. The molecule has 0 saturated carbocycles. The highest BCUT2D eigenvalue weighted by Gasteiger charge is 2.23. The first-order valence-corrected chi connectivity index (χ1v) is 7.85. The fourth-order valence-electron chi connectivity index (χ4n) is 2.95. The van der Waals surface area contributed by atoms with E-state index in [9.17, 15) is 9.59 Å². The maximum Gasteiger partial charge on any atom is 0.339 e. The van der Waals surface area contributed by atoms with E-state index in [2.05, 4.69) is 5.32 Å². The van der Waals surface area contributed by atoms with Gasteiger partial charge in [-0.15, -0.1) is 0 Å². The lowest BCUT2D eigenvalue weighted by Crippen LogP contribution is -2.26. The summed E-state index contributed by atoms with van der Waals surface area (Å²) < 4.78 is 11.0. The number of fused-ring (bicyclic) bond motifs is 1. The van der Waals surface area contributed by atoms with Crippen LogP contribution >= 0.6 is 0 Å². The zero-order valence-electron chi connectivity index (χ0n) is 13.4. The maximum atomic E-state index is 12.2. The van der Waals surface area contributed by atoms with E-state index in [1.54, 1.807) is 6.92 Å². The minimum Gasteiger partial charge on any atom is -0.493 e. The number of carboxylic acid groups (broad SMARTS) is 1. The normalized spacial score (nSPS) is 16.1. The van der Waals surface area contributed by atoms with Crippen molar-refractivity contribution in [2.45, 2.75) is 32.2 Å². The summed E-state index contributed by atoms with van der Waals surface area (Å²) in [6.45, 7) is 2.37. The topological polar surface area (TPSA) is 88.8 Å². The van der Waals surface area contributed by atoms with Crippen molar-refractivity contribution in [3.63, 3.8) is 0 Å². The van der Waals surface area contributed by atoms with Crippen LogP contribution in [0.25, 0.3) is 0 Å². The number of aromatic carboxylic acids is 1. The Bertz CT molecular complexity index is 765. The molecule has 0 fully saturated rings. The van der Waals surface area contributed by atoms with Gasteiger partial charge < -0.3 is 19.6 Å². The van der Waals surface area contributed by atoms with Crippen LogP contribution in [0.15, 0.2) is 34.7 Å². The maximum absolute atomic E-state index is 12.2. The minimum atomic E-state index is -1.03. The number of carboxylic acids is 1. The number of carbonyl (C=O) groups is 2. The quantitative estimate of drug-likeness (QED) is 0.880. The number of hydrogen-bond donors (Lipinski definition) is 2. The van der Waals surface area contributed by atoms with E-state index in [0.717, 1.165) is 17.7 Å². The molecule has 1 aliphatic heterocycles. The van der Waals surface area contributed by atoms with Gasteiger partial charge in [-0.3, -0.25) is 4.79 Å². The Hall–Kier alpha value is -2.76. The second-order valence-corrected chi connectivity index (χ2v) is 5.84. The number of rotatable bonds is 5. The number of furan rings is 1. The van der Waals surface area contributed by atoms with Crippen molar-refractivity contribution in [1.29, 1.82) is 0 Å². The second-order valence-electron chi connectivity index (χ2n) is 5.84. The Morgan fingerprint density at radius 1 is 1.33 bits per heavy atom. The molecule has 2 N–H and O–H groups in total. The molecule has 0 unspecified atom stereocenters. The summed E-state index contributed by atoms with van der Waals surface area (Å²) in [5, 5.41) is 11.8. The molecule has 6 nitrogen and oxygen atoms in total. The zero-order chi connectivity index (χ0) is 17.1. The van der Waals surface area contributed by atoms with E-state index >= 15 is 0 Å². The van der Waals surface area contributed by atoms with Crippen LogP contribution in [0.3, 0.4) is 0 Å². The van der Waals surface area contributed by atoms with Gasteiger partial charge in [-0.1, -0.05) is 18.2 Å². The van der Waals surface area contributed by atoms with Crippen LogP contribution in [0, 0.1) is 6.92 Å². The van der Waals surface area contributed by atoms with Crippen molar-refractivity contribution in [2.75, 3.05) is 6.61 Å². The van der Waals surface area contributed by atoms with E-state index in [1.807, 2.05) is 24.3 Å². The predicted octanol–water partition coefficient (Wildman–Crippen LogP) is 2.86. The Balaban J connectivity index is 1.59. The van der Waals surface area contributed by atoms with E-state index in [1.165, 1.54) is 6.07 Å². The van der Waals surface area contributed by atoms with Gasteiger partial charge in [-0.2, -0.15) is 0 Å². The van der Waals surface area contributed by atoms with Crippen LogP contribution in [-0.2, 0) is 11.3 Å². The molecule has 0 saturated heterocycles. The Morgan fingerprint density at radius 2 is 2.12 bits per heavy atom. The molecule has 24 heavy (non-hydrogen) atoms. The van der Waals surface area contributed by atoms with Gasteiger partial charge in [0.05, 0.1) is 13.2 Å². The van der Waals surface area contributed by atoms with Gasteiger partial charge in [0.2, 0.25) is 5.91 Å². The standard InChI is InChI=1S/C18H19NO5/c1-11-15(18(21)22)9-13(24-11)10-19-17(20)8-12-6-7-23-16-5-3-2-4-14(12)16/h2-5,9,12H,6-8,10H2,1H3,(H,19,20)(H,21,22)/t12-/m0/s1. The number of ether oxygens (including phenoxy) is 1. The van der Waals surface area contributed by atoms with Gasteiger partial charge in [-0.05, 0) is 37.0 Å². The van der Waals surface area contributed by atoms with Crippen LogP contribution in [0.4, 0.5) is 0 Å². The van der Waals surface area contributed by atoms with E-state index < -0.39 is 5.97 Å². The minimum absolute atomic E-state index is 0.0948. The first kappa shape index (κ1) is 16.1. The highest BCUT2D eigenvalue weighted by atomic mass is 16.5. The Labute approximate surface area is 139 Å². The predicted molar refractivity (Wildman–Crippen MR) is 86.2 cm³/mol. The van der Waals surface area contributed by atoms with Crippen molar-refractivity contribution in [1.82, 2.24) is 5.32 Å². The van der Waals surface area contributed by atoms with Crippen molar-refractivity contribution < 1.29 is 23.8 Å². The van der Waals surface area contributed by atoms with E-state index in [-0.39, 0.29) is 23.9 Å². The van der Waals surface area contributed by atoms with Gasteiger partial charge in [-0.25, -0.2) is 4.79 Å². The molecule has 0 spiro atoms. The number of amides is 1. The van der Waals surface area contributed by atoms with Crippen molar-refractivity contribution in [3.8, 4) is 5.75 Å². The first-order valence-electron chi connectivity index (χ1n) is 7.85. The molecule has 1 aromatic carbocycles.